The molecule has 1 aliphatic heterocycles. The molecule has 0 saturated carbocycles. The molecule has 0 bridgehead atoms. The molecular formula is C22H26FN3O2. The van der Waals surface area contributed by atoms with Crippen molar-refractivity contribution in [2.75, 3.05) is 6.54 Å². The highest BCUT2D eigenvalue weighted by Gasteiger charge is 2.37. The molecule has 1 saturated heterocycles. The number of aryl methyl sites for hydroxylation is 2. The van der Waals surface area contributed by atoms with E-state index in [1.165, 1.54) is 12.1 Å². The molecule has 0 aliphatic carbocycles. The Labute approximate surface area is 163 Å². The van der Waals surface area contributed by atoms with Crippen molar-refractivity contribution in [3.05, 3.63) is 69.9 Å². The second-order valence-electron chi connectivity index (χ2n) is 8.04. The average Bonchev–Trinajstić information content (AvgIpc) is 2.88. The average molecular weight is 383 g/mol. The second kappa shape index (κ2) is 6.87. The van der Waals surface area contributed by atoms with Gasteiger partial charge in [0, 0.05) is 33.2 Å². The summed E-state index contributed by atoms with van der Waals surface area (Å²) < 4.78 is 16.9. The van der Waals surface area contributed by atoms with Gasteiger partial charge < -0.3 is 5.11 Å². The number of benzene rings is 2. The van der Waals surface area contributed by atoms with E-state index in [9.17, 15) is 14.3 Å². The summed E-state index contributed by atoms with van der Waals surface area (Å²) in [4.78, 5) is 14.5. The fourth-order valence-corrected chi connectivity index (χ4v) is 4.43. The number of fused-ring (bicyclic) bond motifs is 1. The van der Waals surface area contributed by atoms with Crippen LogP contribution in [0.3, 0.4) is 0 Å². The summed E-state index contributed by atoms with van der Waals surface area (Å²) in [6.07, 6.45) is 1.12. The molecule has 2 heterocycles. The smallest absolute Gasteiger partial charge is 0.328 e. The van der Waals surface area contributed by atoms with Gasteiger partial charge >= 0.3 is 5.69 Å². The number of piperidine rings is 1. The fourth-order valence-electron chi connectivity index (χ4n) is 4.43. The van der Waals surface area contributed by atoms with Gasteiger partial charge in [0.25, 0.3) is 0 Å². The van der Waals surface area contributed by atoms with Crippen LogP contribution in [0.2, 0.25) is 0 Å². The lowest BCUT2D eigenvalue weighted by molar-refractivity contribution is -0.0504. The number of halogens is 1. The predicted molar refractivity (Wildman–Crippen MR) is 108 cm³/mol. The summed E-state index contributed by atoms with van der Waals surface area (Å²) in [5.41, 5.74) is 2.61. The van der Waals surface area contributed by atoms with Gasteiger partial charge in [0.05, 0.1) is 16.6 Å². The van der Waals surface area contributed by atoms with Crippen LogP contribution in [0, 0.1) is 5.82 Å². The molecule has 1 N–H and O–H groups in total. The van der Waals surface area contributed by atoms with Crippen LogP contribution in [0.5, 0.6) is 0 Å². The lowest BCUT2D eigenvalue weighted by atomic mass is 9.81. The number of aromatic nitrogens is 2. The normalized spacial score (nSPS) is 23.4. The third-order valence-corrected chi connectivity index (χ3v) is 6.15. The first-order chi connectivity index (χ1) is 13.3. The number of hydrogen-bond donors (Lipinski definition) is 1. The predicted octanol–water partition coefficient (Wildman–Crippen LogP) is 2.89. The number of imidazole rings is 1. The van der Waals surface area contributed by atoms with Crippen molar-refractivity contribution in [2.45, 2.75) is 38.0 Å². The van der Waals surface area contributed by atoms with Crippen LogP contribution in [0.1, 0.15) is 30.9 Å². The van der Waals surface area contributed by atoms with Crippen molar-refractivity contribution in [1.82, 2.24) is 14.0 Å². The van der Waals surface area contributed by atoms with Crippen LogP contribution < -0.4 is 5.69 Å². The Morgan fingerprint density at radius 3 is 2.61 bits per heavy atom. The summed E-state index contributed by atoms with van der Waals surface area (Å²) in [6, 6.07) is 12.6. The highest BCUT2D eigenvalue weighted by atomic mass is 19.1. The van der Waals surface area contributed by atoms with Crippen molar-refractivity contribution in [2.24, 2.45) is 14.1 Å². The van der Waals surface area contributed by atoms with E-state index in [4.69, 9.17) is 0 Å². The van der Waals surface area contributed by atoms with Crippen LogP contribution in [-0.4, -0.2) is 31.7 Å². The topological polar surface area (TPSA) is 50.4 Å². The van der Waals surface area contributed by atoms with Gasteiger partial charge in [-0.25, -0.2) is 9.18 Å². The van der Waals surface area contributed by atoms with E-state index >= 15 is 0 Å². The lowest BCUT2D eigenvalue weighted by Crippen LogP contribution is -2.47. The molecular weight excluding hydrogens is 357 g/mol. The van der Waals surface area contributed by atoms with Gasteiger partial charge in [-0.2, -0.15) is 0 Å². The first kappa shape index (κ1) is 18.9. The molecule has 1 fully saturated rings. The van der Waals surface area contributed by atoms with Gasteiger partial charge in [0.1, 0.15) is 5.82 Å². The van der Waals surface area contributed by atoms with E-state index in [2.05, 4.69) is 24.0 Å². The second-order valence-corrected chi connectivity index (χ2v) is 8.04. The van der Waals surface area contributed by atoms with Gasteiger partial charge in [-0.3, -0.25) is 14.0 Å². The van der Waals surface area contributed by atoms with Crippen molar-refractivity contribution in [3.63, 3.8) is 0 Å². The molecule has 3 aromatic rings. The fraction of sp³-hybridized carbons (Fsp3) is 0.409. The zero-order valence-corrected chi connectivity index (χ0v) is 16.5. The van der Waals surface area contributed by atoms with E-state index in [-0.39, 0.29) is 17.5 Å². The molecule has 5 nitrogen and oxygen atoms in total. The van der Waals surface area contributed by atoms with Crippen LogP contribution in [-0.2, 0) is 26.2 Å². The Morgan fingerprint density at radius 2 is 1.89 bits per heavy atom. The summed E-state index contributed by atoms with van der Waals surface area (Å²) in [6.45, 7) is 3.57. The van der Waals surface area contributed by atoms with Crippen molar-refractivity contribution < 1.29 is 9.50 Å². The molecule has 1 aromatic heterocycles. The maximum absolute atomic E-state index is 13.6. The summed E-state index contributed by atoms with van der Waals surface area (Å²) in [5.74, 6) is -0.317. The molecule has 0 amide bonds. The molecule has 28 heavy (non-hydrogen) atoms. The standard InChI is InChI=1S/C22H26FN3O2/c1-15-13-22(28,17-5-4-6-18(23)12-17)9-10-26(15)14-16-7-8-19-20(11-16)25(3)21(27)24(19)2/h4-8,11-12,15,28H,9-10,13-14H2,1-3H3/t15-,22+/m1/s1. The molecule has 0 radical (unpaired) electrons. The van der Waals surface area contributed by atoms with Gasteiger partial charge in [-0.05, 0) is 55.2 Å². The Morgan fingerprint density at radius 1 is 1.14 bits per heavy atom. The minimum absolute atomic E-state index is 0.0290. The van der Waals surface area contributed by atoms with Crippen LogP contribution >= 0.6 is 0 Å². The zero-order chi connectivity index (χ0) is 20.1. The van der Waals surface area contributed by atoms with Crippen LogP contribution in [0.25, 0.3) is 11.0 Å². The minimum atomic E-state index is -0.995. The molecule has 1 aliphatic rings. The lowest BCUT2D eigenvalue weighted by Gasteiger charge is -2.43. The Balaban J connectivity index is 1.54. The van der Waals surface area contributed by atoms with Crippen molar-refractivity contribution >= 4 is 11.0 Å². The number of rotatable bonds is 3. The Kier molecular flexibility index (Phi) is 4.63. The molecule has 2 atom stereocenters. The van der Waals surface area contributed by atoms with Crippen LogP contribution in [0.15, 0.2) is 47.3 Å². The first-order valence-electron chi connectivity index (χ1n) is 9.65. The van der Waals surface area contributed by atoms with Gasteiger partial charge in [-0.1, -0.05) is 18.2 Å². The maximum Gasteiger partial charge on any atom is 0.328 e. The first-order valence-corrected chi connectivity index (χ1v) is 9.65. The van der Waals surface area contributed by atoms with E-state index in [1.54, 1.807) is 35.4 Å². The Bertz CT molecular complexity index is 1090. The van der Waals surface area contributed by atoms with E-state index in [0.29, 0.717) is 18.4 Å². The molecule has 0 spiro atoms. The van der Waals surface area contributed by atoms with E-state index < -0.39 is 5.60 Å². The summed E-state index contributed by atoms with van der Waals surface area (Å²) in [7, 11) is 3.57. The zero-order valence-electron chi connectivity index (χ0n) is 16.5. The number of likely N-dealkylation sites (tertiary alicyclic amines) is 1. The minimum Gasteiger partial charge on any atom is -0.385 e. The molecule has 2 aromatic carbocycles. The monoisotopic (exact) mass is 383 g/mol. The summed E-state index contributed by atoms with van der Waals surface area (Å²) >= 11 is 0. The maximum atomic E-state index is 13.6. The van der Waals surface area contributed by atoms with Crippen molar-refractivity contribution in [1.29, 1.82) is 0 Å². The largest absolute Gasteiger partial charge is 0.385 e. The SMILES string of the molecule is C[C@@H]1C[C@](O)(c2cccc(F)c2)CCN1Cc1ccc2c(c1)n(C)c(=O)n2C. The van der Waals surface area contributed by atoms with Gasteiger partial charge in [0.2, 0.25) is 0 Å². The van der Waals surface area contributed by atoms with E-state index in [0.717, 1.165) is 29.7 Å². The third kappa shape index (κ3) is 3.16. The van der Waals surface area contributed by atoms with Gasteiger partial charge in [-0.15, -0.1) is 0 Å². The number of nitrogens with zero attached hydrogens (tertiary/aromatic N) is 3. The number of aliphatic hydroxyl groups is 1. The van der Waals surface area contributed by atoms with Gasteiger partial charge in [0.15, 0.2) is 0 Å². The highest BCUT2D eigenvalue weighted by molar-refractivity contribution is 5.76. The van der Waals surface area contributed by atoms with Crippen molar-refractivity contribution in [3.8, 4) is 0 Å². The molecule has 4 rings (SSSR count). The van der Waals surface area contributed by atoms with E-state index in [1.807, 2.05) is 6.07 Å². The van der Waals surface area contributed by atoms with Crippen LogP contribution in [0.4, 0.5) is 4.39 Å². The highest BCUT2D eigenvalue weighted by Crippen LogP contribution is 2.36. The summed E-state index contributed by atoms with van der Waals surface area (Å²) in [5, 5.41) is 11.1. The molecule has 148 valence electrons. The third-order valence-electron chi connectivity index (χ3n) is 6.15. The number of hydrogen-bond acceptors (Lipinski definition) is 3. The molecule has 0 unspecified atom stereocenters. The molecule has 6 heteroatoms. The Hall–Kier alpha value is -2.44. The quantitative estimate of drug-likeness (QED) is 0.757.